The third-order valence-corrected chi connectivity index (χ3v) is 5.62. The van der Waals surface area contributed by atoms with Crippen LogP contribution in [0.3, 0.4) is 0 Å². The lowest BCUT2D eigenvalue weighted by atomic mass is 10.1. The van der Waals surface area contributed by atoms with E-state index in [9.17, 15) is 13.5 Å². The molecule has 1 atom stereocenters. The molecule has 1 heterocycles. The van der Waals surface area contributed by atoms with Crippen molar-refractivity contribution < 1.29 is 18.3 Å². The molecule has 0 saturated carbocycles. The minimum Gasteiger partial charge on any atom is -0.395 e. The molecule has 1 aliphatic rings. The van der Waals surface area contributed by atoms with Crippen molar-refractivity contribution >= 4 is 10.2 Å². The van der Waals surface area contributed by atoms with Crippen LogP contribution in [0.5, 0.6) is 0 Å². The first-order valence-electron chi connectivity index (χ1n) is 7.03. The maximum Gasteiger partial charge on any atom is 0.282 e. The van der Waals surface area contributed by atoms with Crippen LogP contribution in [0.15, 0.2) is 0 Å². The van der Waals surface area contributed by atoms with E-state index in [-0.39, 0.29) is 12.6 Å². The molecule has 0 spiro atoms. The number of aliphatic hydroxyl groups is 1. The van der Waals surface area contributed by atoms with Crippen molar-refractivity contribution in [3.63, 3.8) is 0 Å². The van der Waals surface area contributed by atoms with Gasteiger partial charge in [-0.2, -0.15) is 17.0 Å². The zero-order valence-corrected chi connectivity index (χ0v) is 12.7. The Morgan fingerprint density at radius 3 is 2.68 bits per heavy atom. The van der Waals surface area contributed by atoms with Gasteiger partial charge in [0.1, 0.15) is 0 Å². The molecule has 1 unspecified atom stereocenters. The lowest BCUT2D eigenvalue weighted by Crippen LogP contribution is -2.52. The number of hydrogen-bond donors (Lipinski definition) is 1. The molecular formula is C12H26N2O4S. The molecule has 0 radical (unpaired) electrons. The van der Waals surface area contributed by atoms with Crippen molar-refractivity contribution in [2.75, 3.05) is 39.5 Å². The van der Waals surface area contributed by atoms with Crippen LogP contribution in [-0.4, -0.2) is 67.6 Å². The van der Waals surface area contributed by atoms with Crippen molar-refractivity contribution in [2.24, 2.45) is 0 Å². The fourth-order valence-electron chi connectivity index (χ4n) is 2.36. The zero-order valence-electron chi connectivity index (χ0n) is 11.9. The average Bonchev–Trinajstić information content (AvgIpc) is 2.43. The van der Waals surface area contributed by atoms with Gasteiger partial charge >= 0.3 is 0 Å². The Labute approximate surface area is 116 Å². The monoisotopic (exact) mass is 294 g/mol. The largest absolute Gasteiger partial charge is 0.395 e. The second kappa shape index (κ2) is 8.16. The molecule has 0 aromatic carbocycles. The van der Waals surface area contributed by atoms with E-state index < -0.39 is 10.2 Å². The lowest BCUT2D eigenvalue weighted by molar-refractivity contribution is 0.125. The van der Waals surface area contributed by atoms with Crippen LogP contribution in [0.1, 0.15) is 33.1 Å². The fourth-order valence-corrected chi connectivity index (χ4v) is 4.19. The molecule has 0 aromatic heterocycles. The van der Waals surface area contributed by atoms with E-state index in [1.165, 1.54) is 8.61 Å². The van der Waals surface area contributed by atoms with Gasteiger partial charge in [-0.05, 0) is 19.8 Å². The summed E-state index contributed by atoms with van der Waals surface area (Å²) in [5, 5.41) is 9.34. The van der Waals surface area contributed by atoms with Crippen LogP contribution in [0.2, 0.25) is 0 Å². The van der Waals surface area contributed by atoms with Crippen LogP contribution in [0.4, 0.5) is 0 Å². The molecule has 0 amide bonds. The summed E-state index contributed by atoms with van der Waals surface area (Å²) in [6, 6.07) is -0.278. The van der Waals surface area contributed by atoms with Crippen LogP contribution in [-0.2, 0) is 14.9 Å². The molecule has 6 nitrogen and oxygen atoms in total. The average molecular weight is 294 g/mol. The van der Waals surface area contributed by atoms with E-state index in [4.69, 9.17) is 4.74 Å². The summed E-state index contributed by atoms with van der Waals surface area (Å²) >= 11 is 0. The summed E-state index contributed by atoms with van der Waals surface area (Å²) < 4.78 is 33.2. The lowest BCUT2D eigenvalue weighted by Gasteiger charge is -2.36. The molecule has 1 fully saturated rings. The van der Waals surface area contributed by atoms with E-state index in [1.54, 1.807) is 0 Å². The molecule has 1 aliphatic heterocycles. The summed E-state index contributed by atoms with van der Waals surface area (Å²) in [4.78, 5) is 0. The minimum atomic E-state index is -3.49. The fraction of sp³-hybridized carbons (Fsp3) is 1.00. The van der Waals surface area contributed by atoms with E-state index in [1.807, 2.05) is 13.8 Å². The molecule has 0 aliphatic carbocycles. The Balaban J connectivity index is 2.74. The van der Waals surface area contributed by atoms with Crippen molar-refractivity contribution in [1.82, 2.24) is 8.61 Å². The first-order chi connectivity index (χ1) is 9.07. The minimum absolute atomic E-state index is 0.109. The van der Waals surface area contributed by atoms with Gasteiger partial charge in [0.25, 0.3) is 10.2 Å². The van der Waals surface area contributed by atoms with Gasteiger partial charge in [0, 0.05) is 32.3 Å². The molecular weight excluding hydrogens is 268 g/mol. The van der Waals surface area contributed by atoms with Crippen LogP contribution in [0, 0.1) is 0 Å². The number of nitrogens with zero attached hydrogens (tertiary/aromatic N) is 2. The summed E-state index contributed by atoms with van der Waals surface area (Å²) in [7, 11) is -3.49. The molecule has 0 aromatic rings. The number of rotatable bonds is 8. The van der Waals surface area contributed by atoms with Gasteiger partial charge in [0.2, 0.25) is 0 Å². The number of aliphatic hydroxyl groups excluding tert-OH is 1. The Hall–Kier alpha value is -0.210. The number of hydrogen-bond acceptors (Lipinski definition) is 4. The SMILES string of the molecule is CCOCCN(CC)S(=O)(=O)N1CCCCC1CO. The van der Waals surface area contributed by atoms with Gasteiger partial charge in [-0.25, -0.2) is 0 Å². The van der Waals surface area contributed by atoms with Crippen molar-refractivity contribution in [3.8, 4) is 0 Å². The maximum atomic E-state index is 12.6. The normalized spacial score (nSPS) is 22.0. The van der Waals surface area contributed by atoms with Crippen molar-refractivity contribution in [2.45, 2.75) is 39.2 Å². The highest BCUT2D eigenvalue weighted by molar-refractivity contribution is 7.86. The second-order valence-corrected chi connectivity index (χ2v) is 6.52. The standard InChI is InChI=1S/C12H26N2O4S/c1-3-13(9-10-18-4-2)19(16,17)14-8-6-5-7-12(14)11-15/h12,15H,3-11H2,1-2H3. The Morgan fingerprint density at radius 1 is 1.37 bits per heavy atom. The number of ether oxygens (including phenoxy) is 1. The molecule has 114 valence electrons. The summed E-state index contributed by atoms with van der Waals surface area (Å²) in [6.45, 7) is 5.87. The number of likely N-dealkylation sites (N-methyl/N-ethyl adjacent to an activating group) is 1. The predicted octanol–water partition coefficient (Wildman–Crippen LogP) is 0.436. The highest BCUT2D eigenvalue weighted by atomic mass is 32.2. The van der Waals surface area contributed by atoms with E-state index in [2.05, 4.69) is 0 Å². The molecule has 1 rings (SSSR count). The van der Waals surface area contributed by atoms with E-state index in [0.29, 0.717) is 32.8 Å². The van der Waals surface area contributed by atoms with Crippen LogP contribution < -0.4 is 0 Å². The summed E-state index contributed by atoms with van der Waals surface area (Å²) in [6.07, 6.45) is 2.57. The van der Waals surface area contributed by atoms with E-state index >= 15 is 0 Å². The third-order valence-electron chi connectivity index (χ3n) is 3.45. The number of piperidine rings is 1. The maximum absolute atomic E-state index is 12.6. The third kappa shape index (κ3) is 4.39. The van der Waals surface area contributed by atoms with Gasteiger partial charge < -0.3 is 9.84 Å². The molecule has 7 heteroatoms. The van der Waals surface area contributed by atoms with Crippen LogP contribution in [0.25, 0.3) is 0 Å². The first kappa shape index (κ1) is 16.8. The predicted molar refractivity (Wildman–Crippen MR) is 74.1 cm³/mol. The zero-order chi connectivity index (χ0) is 14.3. The van der Waals surface area contributed by atoms with Crippen molar-refractivity contribution in [1.29, 1.82) is 0 Å². The quantitative estimate of drug-likeness (QED) is 0.659. The molecule has 19 heavy (non-hydrogen) atoms. The highest BCUT2D eigenvalue weighted by Crippen LogP contribution is 2.22. The molecule has 0 bridgehead atoms. The van der Waals surface area contributed by atoms with Gasteiger partial charge in [-0.3, -0.25) is 0 Å². The molecule has 1 N–H and O–H groups in total. The summed E-state index contributed by atoms with van der Waals surface area (Å²) in [5.74, 6) is 0. The topological polar surface area (TPSA) is 70.1 Å². The van der Waals surface area contributed by atoms with Gasteiger partial charge in [0.05, 0.1) is 13.2 Å². The second-order valence-electron chi connectivity index (χ2n) is 4.64. The van der Waals surface area contributed by atoms with Crippen LogP contribution >= 0.6 is 0 Å². The Kier molecular flexibility index (Phi) is 7.23. The Bertz CT molecular complexity index is 348. The highest BCUT2D eigenvalue weighted by Gasteiger charge is 2.35. The Morgan fingerprint density at radius 2 is 2.11 bits per heavy atom. The summed E-state index contributed by atoms with van der Waals surface area (Å²) in [5.41, 5.74) is 0. The van der Waals surface area contributed by atoms with Gasteiger partial charge in [-0.1, -0.05) is 13.3 Å². The smallest absolute Gasteiger partial charge is 0.282 e. The van der Waals surface area contributed by atoms with Crippen molar-refractivity contribution in [3.05, 3.63) is 0 Å². The van der Waals surface area contributed by atoms with Gasteiger partial charge in [0.15, 0.2) is 0 Å². The molecule has 1 saturated heterocycles. The van der Waals surface area contributed by atoms with Gasteiger partial charge in [-0.15, -0.1) is 0 Å². The van der Waals surface area contributed by atoms with E-state index in [0.717, 1.165) is 19.3 Å². The first-order valence-corrected chi connectivity index (χ1v) is 8.43.